The van der Waals surface area contributed by atoms with Crippen molar-refractivity contribution in [2.24, 2.45) is 0 Å². The van der Waals surface area contributed by atoms with Gasteiger partial charge in [0.2, 0.25) is 5.88 Å². The van der Waals surface area contributed by atoms with Crippen LogP contribution in [0.5, 0.6) is 5.88 Å². The summed E-state index contributed by atoms with van der Waals surface area (Å²) in [6, 6.07) is 6.12. The van der Waals surface area contributed by atoms with Crippen LogP contribution in [0.25, 0.3) is 0 Å². The van der Waals surface area contributed by atoms with Crippen LogP contribution in [0.15, 0.2) is 36.8 Å². The van der Waals surface area contributed by atoms with E-state index < -0.39 is 0 Å². The second kappa shape index (κ2) is 10.3. The number of rotatable bonds is 8. The third-order valence-electron chi connectivity index (χ3n) is 5.55. The number of anilines is 3. The van der Waals surface area contributed by atoms with Crippen LogP contribution in [-0.2, 0) is 13.0 Å². The third-order valence-corrected chi connectivity index (χ3v) is 5.82. The zero-order valence-electron chi connectivity index (χ0n) is 19.5. The van der Waals surface area contributed by atoms with Crippen LogP contribution in [0.4, 0.5) is 17.3 Å². The van der Waals surface area contributed by atoms with Crippen LogP contribution in [0.3, 0.4) is 0 Å². The van der Waals surface area contributed by atoms with Crippen LogP contribution < -0.4 is 15.0 Å². The number of fused-ring (bicyclic) bond motifs is 1. The number of aromatic nitrogens is 4. The van der Waals surface area contributed by atoms with Gasteiger partial charge in [0, 0.05) is 49.4 Å². The maximum atomic E-state index is 6.31. The fourth-order valence-corrected chi connectivity index (χ4v) is 3.95. The van der Waals surface area contributed by atoms with Gasteiger partial charge in [0.05, 0.1) is 11.9 Å². The van der Waals surface area contributed by atoms with Crippen LogP contribution in [-0.4, -0.2) is 58.6 Å². The highest BCUT2D eigenvalue weighted by molar-refractivity contribution is 6.31. The maximum absolute atomic E-state index is 6.31. The van der Waals surface area contributed by atoms with Crippen LogP contribution in [0.1, 0.15) is 36.6 Å². The number of hydrogen-bond acceptors (Lipinski definition) is 8. The van der Waals surface area contributed by atoms with Gasteiger partial charge < -0.3 is 19.9 Å². The molecule has 0 fully saturated rings. The van der Waals surface area contributed by atoms with Gasteiger partial charge >= 0.3 is 0 Å². The number of halogens is 1. The van der Waals surface area contributed by atoms with Crippen molar-refractivity contribution in [3.63, 3.8) is 0 Å². The summed E-state index contributed by atoms with van der Waals surface area (Å²) in [4.78, 5) is 22.2. The largest absolute Gasteiger partial charge is 0.476 e. The van der Waals surface area contributed by atoms with E-state index in [1.165, 1.54) is 5.56 Å². The first-order valence-corrected chi connectivity index (χ1v) is 11.5. The fourth-order valence-electron chi connectivity index (χ4n) is 3.72. The van der Waals surface area contributed by atoms with Gasteiger partial charge in [0.25, 0.3) is 0 Å². The Bertz CT molecular complexity index is 1090. The Morgan fingerprint density at radius 1 is 1.18 bits per heavy atom. The molecule has 8 nitrogen and oxygen atoms in total. The van der Waals surface area contributed by atoms with Crippen molar-refractivity contribution in [1.82, 2.24) is 24.8 Å². The molecule has 1 aliphatic heterocycles. The molecule has 0 spiro atoms. The summed E-state index contributed by atoms with van der Waals surface area (Å²) in [5.41, 5.74) is 4.26. The molecular formula is C24H30ClN7O. The van der Waals surface area contributed by atoms with Crippen molar-refractivity contribution in [2.75, 3.05) is 44.0 Å². The second-order valence-corrected chi connectivity index (χ2v) is 9.05. The van der Waals surface area contributed by atoms with E-state index in [-0.39, 0.29) is 0 Å². The first kappa shape index (κ1) is 23.2. The number of hydrogen-bond donors (Lipinski definition) is 1. The van der Waals surface area contributed by atoms with Gasteiger partial charge in [-0.05, 0) is 44.1 Å². The van der Waals surface area contributed by atoms with Gasteiger partial charge in [-0.3, -0.25) is 4.98 Å². The Morgan fingerprint density at radius 2 is 2.00 bits per heavy atom. The van der Waals surface area contributed by atoms with E-state index in [1.807, 2.05) is 32.4 Å². The summed E-state index contributed by atoms with van der Waals surface area (Å²) < 4.78 is 6.00. The minimum Gasteiger partial charge on any atom is -0.476 e. The van der Waals surface area contributed by atoms with Crippen LogP contribution in [0.2, 0.25) is 5.15 Å². The molecule has 1 aliphatic rings. The van der Waals surface area contributed by atoms with Gasteiger partial charge in [0.1, 0.15) is 12.4 Å². The van der Waals surface area contributed by atoms with Gasteiger partial charge in [-0.2, -0.15) is 4.98 Å². The SMILES string of the molecule is CC(C)c1ccc(Nc2nc(OCCN(C)C)cc3c2CCN(c2nccnc2Cl)C3)cn1. The number of pyridine rings is 2. The Kier molecular flexibility index (Phi) is 7.25. The van der Waals surface area contributed by atoms with Crippen molar-refractivity contribution in [1.29, 1.82) is 0 Å². The normalized spacial score (nSPS) is 13.4. The molecule has 0 bridgehead atoms. The Labute approximate surface area is 200 Å². The predicted octanol–water partition coefficient (Wildman–Crippen LogP) is 4.29. The molecular weight excluding hydrogens is 438 g/mol. The number of ether oxygens (including phenoxy) is 1. The molecule has 0 atom stereocenters. The van der Waals surface area contributed by atoms with E-state index in [1.54, 1.807) is 12.4 Å². The lowest BCUT2D eigenvalue weighted by atomic mass is 10.0. The quantitative estimate of drug-likeness (QED) is 0.525. The molecule has 0 aliphatic carbocycles. The maximum Gasteiger partial charge on any atom is 0.215 e. The predicted molar refractivity (Wildman–Crippen MR) is 132 cm³/mol. The van der Waals surface area contributed by atoms with Gasteiger partial charge in [-0.25, -0.2) is 9.97 Å². The van der Waals surface area contributed by atoms with Gasteiger partial charge in [-0.15, -0.1) is 0 Å². The summed E-state index contributed by atoms with van der Waals surface area (Å²) in [5, 5.41) is 3.88. The summed E-state index contributed by atoms with van der Waals surface area (Å²) in [7, 11) is 4.04. The Balaban J connectivity index is 1.63. The van der Waals surface area contributed by atoms with Crippen LogP contribution in [0, 0.1) is 0 Å². The highest BCUT2D eigenvalue weighted by Crippen LogP contribution is 2.33. The second-order valence-electron chi connectivity index (χ2n) is 8.69. The summed E-state index contributed by atoms with van der Waals surface area (Å²) in [6.45, 7) is 7.06. The van der Waals surface area contributed by atoms with E-state index in [0.717, 1.165) is 42.3 Å². The molecule has 9 heteroatoms. The zero-order valence-corrected chi connectivity index (χ0v) is 20.3. The first-order valence-electron chi connectivity index (χ1n) is 11.2. The third kappa shape index (κ3) is 5.69. The van der Waals surface area contributed by atoms with Gasteiger partial charge in [-0.1, -0.05) is 25.4 Å². The average molecular weight is 468 g/mol. The fraction of sp³-hybridized carbons (Fsp3) is 0.417. The van der Waals surface area contributed by atoms with E-state index in [4.69, 9.17) is 21.3 Å². The van der Waals surface area contributed by atoms with E-state index >= 15 is 0 Å². The molecule has 0 amide bonds. The molecule has 0 saturated heterocycles. The number of likely N-dealkylation sites (N-methyl/N-ethyl adjacent to an activating group) is 1. The molecule has 0 aromatic carbocycles. The topological polar surface area (TPSA) is 79.3 Å². The summed E-state index contributed by atoms with van der Waals surface area (Å²) in [6.07, 6.45) is 5.93. The van der Waals surface area contributed by atoms with E-state index in [0.29, 0.717) is 35.9 Å². The molecule has 3 aromatic heterocycles. The minimum absolute atomic E-state index is 0.386. The molecule has 4 rings (SSSR count). The molecule has 4 heterocycles. The molecule has 0 radical (unpaired) electrons. The van der Waals surface area contributed by atoms with Crippen molar-refractivity contribution in [3.05, 3.63) is 58.8 Å². The van der Waals surface area contributed by atoms with Crippen LogP contribution >= 0.6 is 11.6 Å². The zero-order chi connectivity index (χ0) is 23.4. The van der Waals surface area contributed by atoms with Crippen molar-refractivity contribution in [2.45, 2.75) is 32.7 Å². The Morgan fingerprint density at radius 3 is 2.70 bits per heavy atom. The summed E-state index contributed by atoms with van der Waals surface area (Å²) in [5.74, 6) is 2.48. The molecule has 174 valence electrons. The lowest BCUT2D eigenvalue weighted by molar-refractivity contribution is 0.254. The molecule has 33 heavy (non-hydrogen) atoms. The number of nitrogens with zero attached hydrogens (tertiary/aromatic N) is 6. The highest BCUT2D eigenvalue weighted by Gasteiger charge is 2.24. The summed E-state index contributed by atoms with van der Waals surface area (Å²) >= 11 is 6.31. The minimum atomic E-state index is 0.386. The smallest absolute Gasteiger partial charge is 0.215 e. The first-order chi connectivity index (χ1) is 15.9. The standard InChI is InChI=1S/C24H30ClN7O/c1-16(2)20-6-5-18(14-28-20)29-23-19-7-10-32(24-22(25)26-8-9-27-24)15-17(19)13-21(30-23)33-12-11-31(3)4/h5-6,8-9,13-14,16H,7,10-12,15H2,1-4H3,(H,29,30). The molecule has 1 N–H and O–H groups in total. The van der Waals surface area contributed by atoms with E-state index in [2.05, 4.69) is 50.0 Å². The molecule has 0 unspecified atom stereocenters. The van der Waals surface area contributed by atoms with Gasteiger partial charge in [0.15, 0.2) is 11.0 Å². The number of nitrogens with one attached hydrogen (secondary N) is 1. The lowest BCUT2D eigenvalue weighted by Gasteiger charge is -2.31. The van der Waals surface area contributed by atoms with E-state index in [9.17, 15) is 0 Å². The van der Waals surface area contributed by atoms with Crippen molar-refractivity contribution >= 4 is 28.9 Å². The highest BCUT2D eigenvalue weighted by atomic mass is 35.5. The average Bonchev–Trinajstić information content (AvgIpc) is 2.79. The molecule has 3 aromatic rings. The Hall–Kier alpha value is -2.97. The van der Waals surface area contributed by atoms with Crippen molar-refractivity contribution in [3.8, 4) is 5.88 Å². The lowest BCUT2D eigenvalue weighted by Crippen LogP contribution is -2.32. The monoisotopic (exact) mass is 467 g/mol. The molecule has 0 saturated carbocycles. The van der Waals surface area contributed by atoms with Crippen molar-refractivity contribution < 1.29 is 4.74 Å².